The zero-order valence-corrected chi connectivity index (χ0v) is 16.2. The molecule has 0 bridgehead atoms. The Hall–Kier alpha value is -2.99. The highest BCUT2D eigenvalue weighted by atomic mass is 16.5. The number of ether oxygens (including phenoxy) is 1. The van der Waals surface area contributed by atoms with E-state index in [9.17, 15) is 4.79 Å². The molecule has 1 heterocycles. The molecule has 0 fully saturated rings. The van der Waals surface area contributed by atoms with Crippen molar-refractivity contribution in [3.63, 3.8) is 0 Å². The molecule has 2 aromatic carbocycles. The van der Waals surface area contributed by atoms with E-state index in [1.54, 1.807) is 7.11 Å². The second-order valence-corrected chi connectivity index (χ2v) is 6.76. The first-order valence-electron chi connectivity index (χ1n) is 8.89. The number of nitrogens with zero attached hydrogens (tertiary/aromatic N) is 2. The van der Waals surface area contributed by atoms with Crippen molar-refractivity contribution in [2.45, 2.75) is 6.04 Å². The summed E-state index contributed by atoms with van der Waals surface area (Å²) in [6.45, 7) is 0.503. The van der Waals surface area contributed by atoms with Crippen molar-refractivity contribution in [3.8, 4) is 5.75 Å². The Morgan fingerprint density at radius 1 is 1.15 bits per heavy atom. The lowest BCUT2D eigenvalue weighted by Crippen LogP contribution is -2.36. The first-order chi connectivity index (χ1) is 13.0. The molecule has 6 nitrogen and oxygen atoms in total. The lowest BCUT2D eigenvalue weighted by Gasteiger charge is -2.24. The van der Waals surface area contributed by atoms with Crippen LogP contribution in [0, 0.1) is 0 Å². The Balaban J connectivity index is 1.70. The molecule has 27 heavy (non-hydrogen) atoms. The predicted octanol–water partition coefficient (Wildman–Crippen LogP) is 3.61. The number of amides is 2. The van der Waals surface area contributed by atoms with Crippen LogP contribution in [0.15, 0.2) is 54.7 Å². The lowest BCUT2D eigenvalue weighted by atomic mass is 10.0. The number of urea groups is 1. The van der Waals surface area contributed by atoms with Gasteiger partial charge in [-0.15, -0.1) is 0 Å². The molecule has 6 heteroatoms. The van der Waals surface area contributed by atoms with Gasteiger partial charge in [-0.25, -0.2) is 4.79 Å². The Bertz CT molecular complexity index is 916. The third-order valence-corrected chi connectivity index (χ3v) is 4.71. The number of para-hydroxylation sites is 1. The highest BCUT2D eigenvalue weighted by Crippen LogP contribution is 2.28. The van der Waals surface area contributed by atoms with Crippen molar-refractivity contribution in [1.29, 1.82) is 0 Å². The van der Waals surface area contributed by atoms with E-state index in [0.29, 0.717) is 6.54 Å². The smallest absolute Gasteiger partial charge is 0.319 e. The second kappa shape index (κ2) is 8.14. The van der Waals surface area contributed by atoms with Gasteiger partial charge in [0.1, 0.15) is 5.75 Å². The molecule has 3 aromatic rings. The minimum absolute atomic E-state index is 0.0673. The van der Waals surface area contributed by atoms with Crippen LogP contribution in [0.1, 0.15) is 11.6 Å². The van der Waals surface area contributed by atoms with E-state index in [1.807, 2.05) is 57.5 Å². The number of methoxy groups -OCH3 is 1. The van der Waals surface area contributed by atoms with Crippen molar-refractivity contribution < 1.29 is 9.53 Å². The molecule has 0 aliphatic carbocycles. The number of hydrogen-bond donors (Lipinski definition) is 2. The number of anilines is 1. The molecular weight excluding hydrogens is 340 g/mol. The Kier molecular flexibility index (Phi) is 5.66. The van der Waals surface area contributed by atoms with Gasteiger partial charge in [-0.1, -0.05) is 18.2 Å². The number of aromatic nitrogens is 1. The summed E-state index contributed by atoms with van der Waals surface area (Å²) in [6, 6.07) is 15.4. The largest absolute Gasteiger partial charge is 0.497 e. The molecule has 0 spiro atoms. The van der Waals surface area contributed by atoms with Crippen LogP contribution < -0.4 is 15.4 Å². The maximum atomic E-state index is 12.3. The maximum Gasteiger partial charge on any atom is 0.319 e. The van der Waals surface area contributed by atoms with Gasteiger partial charge in [0, 0.05) is 36.4 Å². The normalized spacial score (nSPS) is 12.2. The summed E-state index contributed by atoms with van der Waals surface area (Å²) in [5, 5.41) is 7.04. The van der Waals surface area contributed by atoms with Gasteiger partial charge >= 0.3 is 6.03 Å². The van der Waals surface area contributed by atoms with Crippen molar-refractivity contribution >= 4 is 22.6 Å². The highest BCUT2D eigenvalue weighted by Gasteiger charge is 2.20. The molecule has 1 aromatic heterocycles. The van der Waals surface area contributed by atoms with Crippen LogP contribution in [-0.2, 0) is 7.05 Å². The molecule has 3 rings (SSSR count). The molecule has 2 N–H and O–H groups in total. The number of likely N-dealkylation sites (N-methyl/N-ethyl adjacent to an activating group) is 1. The third-order valence-electron chi connectivity index (χ3n) is 4.71. The summed E-state index contributed by atoms with van der Waals surface area (Å²) in [5.41, 5.74) is 3.10. The van der Waals surface area contributed by atoms with E-state index < -0.39 is 0 Å². The van der Waals surface area contributed by atoms with Crippen LogP contribution in [0.4, 0.5) is 10.5 Å². The first-order valence-corrected chi connectivity index (χ1v) is 8.89. The summed E-state index contributed by atoms with van der Waals surface area (Å²) in [5.74, 6) is 0.754. The zero-order chi connectivity index (χ0) is 19.4. The Labute approximate surface area is 159 Å². The zero-order valence-electron chi connectivity index (χ0n) is 16.2. The minimum Gasteiger partial charge on any atom is -0.497 e. The molecule has 142 valence electrons. The van der Waals surface area contributed by atoms with E-state index in [4.69, 9.17) is 4.74 Å². The molecule has 0 saturated heterocycles. The molecule has 1 unspecified atom stereocenters. The van der Waals surface area contributed by atoms with E-state index in [0.717, 1.165) is 11.4 Å². The molecule has 1 atom stereocenters. The number of rotatable bonds is 6. The van der Waals surface area contributed by atoms with Crippen LogP contribution >= 0.6 is 0 Å². The summed E-state index contributed by atoms with van der Waals surface area (Å²) in [4.78, 5) is 14.4. The van der Waals surface area contributed by atoms with Crippen LogP contribution in [0.5, 0.6) is 5.75 Å². The predicted molar refractivity (Wildman–Crippen MR) is 109 cm³/mol. The van der Waals surface area contributed by atoms with E-state index in [-0.39, 0.29) is 12.1 Å². The summed E-state index contributed by atoms with van der Waals surface area (Å²) in [7, 11) is 7.71. The second-order valence-electron chi connectivity index (χ2n) is 6.76. The van der Waals surface area contributed by atoms with Gasteiger partial charge in [-0.05, 0) is 50.0 Å². The first kappa shape index (κ1) is 18.8. The topological polar surface area (TPSA) is 58.5 Å². The van der Waals surface area contributed by atoms with Crippen LogP contribution in [0.3, 0.4) is 0 Å². The molecule has 0 aliphatic heterocycles. The number of aryl methyl sites for hydroxylation is 1. The summed E-state index contributed by atoms with van der Waals surface area (Å²) in [6.07, 6.45) is 2.14. The van der Waals surface area contributed by atoms with Gasteiger partial charge in [-0.2, -0.15) is 0 Å². The number of benzene rings is 2. The maximum absolute atomic E-state index is 12.3. The van der Waals surface area contributed by atoms with E-state index >= 15 is 0 Å². The van der Waals surface area contributed by atoms with Gasteiger partial charge in [-0.3, -0.25) is 0 Å². The van der Waals surface area contributed by atoms with Crippen LogP contribution in [-0.4, -0.2) is 43.2 Å². The minimum atomic E-state index is -0.229. The SMILES string of the molecule is COc1ccc(NC(=O)NCC(c2cn(C)c3ccccc23)N(C)C)cc1. The third kappa shape index (κ3) is 4.23. The fraction of sp³-hybridized carbons (Fsp3) is 0.286. The fourth-order valence-electron chi connectivity index (χ4n) is 3.25. The van der Waals surface area contributed by atoms with Crippen LogP contribution in [0.2, 0.25) is 0 Å². The average Bonchev–Trinajstić information content (AvgIpc) is 2.99. The highest BCUT2D eigenvalue weighted by molar-refractivity contribution is 5.89. The van der Waals surface area contributed by atoms with Crippen molar-refractivity contribution in [2.24, 2.45) is 7.05 Å². The number of hydrogen-bond acceptors (Lipinski definition) is 3. The number of carbonyl (C=O) groups excluding carboxylic acids is 1. The standard InChI is InChI=1S/C21H26N4O2/c1-24(2)20(18-14-25(3)19-8-6-5-7-17(18)19)13-22-21(26)23-15-9-11-16(27-4)12-10-15/h5-12,14,20H,13H2,1-4H3,(H2,22,23,26). The van der Waals surface area contributed by atoms with Crippen LogP contribution in [0.25, 0.3) is 10.9 Å². The Morgan fingerprint density at radius 2 is 1.85 bits per heavy atom. The number of carbonyl (C=O) groups is 1. The van der Waals surface area contributed by atoms with Crippen molar-refractivity contribution in [2.75, 3.05) is 33.1 Å². The Morgan fingerprint density at radius 3 is 2.52 bits per heavy atom. The quantitative estimate of drug-likeness (QED) is 0.701. The molecule has 0 radical (unpaired) electrons. The molecule has 2 amide bonds. The van der Waals surface area contributed by atoms with Gasteiger partial charge in [0.05, 0.1) is 13.2 Å². The average molecular weight is 366 g/mol. The molecule has 0 aliphatic rings. The summed E-state index contributed by atoms with van der Waals surface area (Å²) >= 11 is 0. The number of fused-ring (bicyclic) bond motifs is 1. The molecular formula is C21H26N4O2. The number of nitrogens with one attached hydrogen (secondary N) is 2. The fourth-order valence-corrected chi connectivity index (χ4v) is 3.25. The van der Waals surface area contributed by atoms with Gasteiger partial charge in [0.25, 0.3) is 0 Å². The van der Waals surface area contributed by atoms with Crippen molar-refractivity contribution in [3.05, 3.63) is 60.3 Å². The monoisotopic (exact) mass is 366 g/mol. The van der Waals surface area contributed by atoms with Gasteiger partial charge in [0.2, 0.25) is 0 Å². The summed E-state index contributed by atoms with van der Waals surface area (Å²) < 4.78 is 7.25. The van der Waals surface area contributed by atoms with Gasteiger partial charge < -0.3 is 24.8 Å². The van der Waals surface area contributed by atoms with E-state index in [1.165, 1.54) is 16.5 Å². The van der Waals surface area contributed by atoms with E-state index in [2.05, 4.69) is 38.4 Å². The van der Waals surface area contributed by atoms with Gasteiger partial charge in [0.15, 0.2) is 0 Å². The lowest BCUT2D eigenvalue weighted by molar-refractivity contribution is 0.243. The molecule has 0 saturated carbocycles. The van der Waals surface area contributed by atoms with Crippen molar-refractivity contribution in [1.82, 2.24) is 14.8 Å².